The van der Waals surface area contributed by atoms with Crippen molar-refractivity contribution in [3.8, 4) is 0 Å². The van der Waals surface area contributed by atoms with Crippen LogP contribution in [0.25, 0.3) is 6.08 Å². The van der Waals surface area contributed by atoms with Gasteiger partial charge in [-0.15, -0.1) is 0 Å². The predicted octanol–water partition coefficient (Wildman–Crippen LogP) is 2.77. The van der Waals surface area contributed by atoms with Crippen LogP contribution in [0.3, 0.4) is 0 Å². The highest BCUT2D eigenvalue weighted by Crippen LogP contribution is 2.16. The van der Waals surface area contributed by atoms with E-state index in [1.807, 2.05) is 6.92 Å². The third-order valence-electron chi connectivity index (χ3n) is 4.28. The molecule has 1 saturated heterocycles. The first-order chi connectivity index (χ1) is 10.6. The second-order valence-electron chi connectivity index (χ2n) is 6.63. The maximum atomic E-state index is 9.43. The molecule has 2 N–H and O–H groups in total. The molecule has 0 bridgehead atoms. The van der Waals surface area contributed by atoms with E-state index in [4.69, 9.17) is 0 Å². The van der Waals surface area contributed by atoms with E-state index in [0.29, 0.717) is 0 Å². The molecule has 0 saturated carbocycles. The smallest absolute Gasteiger partial charge is 0.0639 e. The zero-order chi connectivity index (χ0) is 15.8. The highest BCUT2D eigenvalue weighted by molar-refractivity contribution is 5.52. The van der Waals surface area contributed by atoms with Crippen LogP contribution in [-0.2, 0) is 0 Å². The maximum absolute atomic E-state index is 9.43. The minimum atomic E-state index is -0.208. The number of hydrogen-bond donors (Lipinski definition) is 2. The van der Waals surface area contributed by atoms with Crippen LogP contribution < -0.4 is 5.32 Å². The topological polar surface area (TPSA) is 35.5 Å². The number of aliphatic hydroxyl groups excluding tert-OH is 1. The van der Waals surface area contributed by atoms with E-state index in [9.17, 15) is 5.11 Å². The summed E-state index contributed by atoms with van der Waals surface area (Å²) in [5, 5.41) is 13.0. The summed E-state index contributed by atoms with van der Waals surface area (Å²) in [6, 6.07) is 10.5. The van der Waals surface area contributed by atoms with Crippen LogP contribution in [0, 0.1) is 5.92 Å². The van der Waals surface area contributed by atoms with E-state index in [-0.39, 0.29) is 6.10 Å². The molecular weight excluding hydrogens is 272 g/mol. The number of hydrogen-bond acceptors (Lipinski definition) is 3. The normalized spacial score (nSPS) is 19.3. The van der Waals surface area contributed by atoms with Crippen LogP contribution in [0.5, 0.6) is 0 Å². The molecule has 22 heavy (non-hydrogen) atoms. The van der Waals surface area contributed by atoms with Crippen LogP contribution in [0.15, 0.2) is 35.9 Å². The van der Waals surface area contributed by atoms with E-state index in [0.717, 1.165) is 38.6 Å². The first-order valence-electron chi connectivity index (χ1n) is 8.47. The van der Waals surface area contributed by atoms with Gasteiger partial charge in [0, 0.05) is 13.1 Å². The summed E-state index contributed by atoms with van der Waals surface area (Å²) in [5.41, 5.74) is 2.64. The molecule has 0 unspecified atom stereocenters. The van der Waals surface area contributed by atoms with Gasteiger partial charge in [0.2, 0.25) is 0 Å². The fourth-order valence-corrected chi connectivity index (χ4v) is 3.11. The number of likely N-dealkylation sites (tertiary alicyclic amines) is 1. The molecule has 1 fully saturated rings. The third-order valence-corrected chi connectivity index (χ3v) is 4.28. The van der Waals surface area contributed by atoms with Crippen LogP contribution >= 0.6 is 0 Å². The molecule has 0 aromatic heterocycles. The number of nitrogens with one attached hydrogen (secondary N) is 1. The van der Waals surface area contributed by atoms with Crippen molar-refractivity contribution in [3.05, 3.63) is 41.5 Å². The Labute approximate surface area is 135 Å². The van der Waals surface area contributed by atoms with Gasteiger partial charge in [-0.2, -0.15) is 0 Å². The van der Waals surface area contributed by atoms with Crippen molar-refractivity contribution >= 4 is 6.08 Å². The number of aliphatic hydroxyl groups is 1. The molecule has 1 aromatic rings. The molecule has 0 aliphatic carbocycles. The van der Waals surface area contributed by atoms with Gasteiger partial charge in [0.25, 0.3) is 0 Å². The fourth-order valence-electron chi connectivity index (χ4n) is 3.11. The summed E-state index contributed by atoms with van der Waals surface area (Å²) in [7, 11) is 0. The highest BCUT2D eigenvalue weighted by atomic mass is 16.3. The number of benzene rings is 1. The second kappa shape index (κ2) is 9.09. The molecule has 0 radical (unpaired) electrons. The fraction of sp³-hybridized carbons (Fsp3) is 0.579. The summed E-state index contributed by atoms with van der Waals surface area (Å²) in [5.74, 6) is 0.773. The maximum Gasteiger partial charge on any atom is 0.0639 e. The van der Waals surface area contributed by atoms with Crippen LogP contribution in [0.1, 0.15) is 32.3 Å². The Balaban J connectivity index is 1.64. The quantitative estimate of drug-likeness (QED) is 0.813. The van der Waals surface area contributed by atoms with Crippen molar-refractivity contribution in [3.63, 3.8) is 0 Å². The Bertz CT molecular complexity index is 448. The molecule has 2 rings (SSSR count). The Kier molecular flexibility index (Phi) is 7.10. The average Bonchev–Trinajstić information content (AvgIpc) is 2.49. The number of piperidine rings is 1. The summed E-state index contributed by atoms with van der Waals surface area (Å²) in [6.07, 6.45) is 4.51. The zero-order valence-electron chi connectivity index (χ0n) is 14.0. The Hall–Kier alpha value is -1.16. The second-order valence-corrected chi connectivity index (χ2v) is 6.63. The molecule has 1 aliphatic heterocycles. The summed E-state index contributed by atoms with van der Waals surface area (Å²) in [4.78, 5) is 2.38. The largest absolute Gasteiger partial charge is 0.392 e. The lowest BCUT2D eigenvalue weighted by Crippen LogP contribution is -2.40. The zero-order valence-corrected chi connectivity index (χ0v) is 14.0. The van der Waals surface area contributed by atoms with Gasteiger partial charge in [0.1, 0.15) is 0 Å². The van der Waals surface area contributed by atoms with E-state index in [2.05, 4.69) is 53.5 Å². The molecule has 0 amide bonds. The third kappa shape index (κ3) is 6.30. The van der Waals surface area contributed by atoms with E-state index in [1.165, 1.54) is 24.0 Å². The molecule has 122 valence electrons. The highest BCUT2D eigenvalue weighted by Gasteiger charge is 2.19. The van der Waals surface area contributed by atoms with Crippen molar-refractivity contribution in [2.75, 3.05) is 32.7 Å². The lowest BCUT2D eigenvalue weighted by molar-refractivity contribution is 0.1000. The average molecular weight is 302 g/mol. The van der Waals surface area contributed by atoms with E-state index < -0.39 is 0 Å². The van der Waals surface area contributed by atoms with Crippen molar-refractivity contribution in [1.29, 1.82) is 0 Å². The standard InChI is InChI=1S/C19H30N2O/c1-16(12-18-6-4-3-5-7-18)13-20-14-19-8-10-21(11-9-19)15-17(2)22/h3-7,12,17,19-20,22H,8-11,13-15H2,1-2H3/b16-12+/t17-/m0/s1. The van der Waals surface area contributed by atoms with Gasteiger partial charge in [-0.05, 0) is 57.8 Å². The van der Waals surface area contributed by atoms with Gasteiger partial charge < -0.3 is 15.3 Å². The van der Waals surface area contributed by atoms with E-state index in [1.54, 1.807) is 0 Å². The van der Waals surface area contributed by atoms with Crippen LogP contribution in [0.2, 0.25) is 0 Å². The monoisotopic (exact) mass is 302 g/mol. The summed E-state index contributed by atoms with van der Waals surface area (Å²) < 4.78 is 0. The predicted molar refractivity (Wildman–Crippen MR) is 93.8 cm³/mol. The number of β-amino-alcohol motifs (C(OH)–C–C–N with tert-alkyl or cyclic N) is 1. The first kappa shape index (κ1) is 17.2. The summed E-state index contributed by atoms with van der Waals surface area (Å²) in [6.45, 7) is 9.18. The van der Waals surface area contributed by atoms with Crippen molar-refractivity contribution in [1.82, 2.24) is 10.2 Å². The van der Waals surface area contributed by atoms with Gasteiger partial charge >= 0.3 is 0 Å². The summed E-state index contributed by atoms with van der Waals surface area (Å²) >= 11 is 0. The van der Waals surface area contributed by atoms with Gasteiger partial charge in [-0.3, -0.25) is 0 Å². The van der Waals surface area contributed by atoms with Gasteiger partial charge in [-0.25, -0.2) is 0 Å². The molecule has 1 heterocycles. The van der Waals surface area contributed by atoms with Crippen molar-refractivity contribution < 1.29 is 5.11 Å². The molecule has 1 atom stereocenters. The van der Waals surface area contributed by atoms with E-state index >= 15 is 0 Å². The van der Waals surface area contributed by atoms with Gasteiger partial charge in [-0.1, -0.05) is 42.0 Å². The Morgan fingerprint density at radius 1 is 1.32 bits per heavy atom. The number of nitrogens with zero attached hydrogens (tertiary/aromatic N) is 1. The van der Waals surface area contributed by atoms with Crippen LogP contribution in [-0.4, -0.2) is 48.8 Å². The SMILES string of the molecule is C/C(=C\c1ccccc1)CNCC1CCN(C[C@H](C)O)CC1. The molecular formula is C19H30N2O. The van der Waals surface area contributed by atoms with Crippen molar-refractivity contribution in [2.45, 2.75) is 32.8 Å². The Morgan fingerprint density at radius 2 is 2.00 bits per heavy atom. The molecule has 1 aromatic carbocycles. The lowest BCUT2D eigenvalue weighted by atomic mass is 9.96. The van der Waals surface area contributed by atoms with Crippen molar-refractivity contribution in [2.24, 2.45) is 5.92 Å². The molecule has 0 spiro atoms. The minimum Gasteiger partial charge on any atom is -0.392 e. The molecule has 1 aliphatic rings. The Morgan fingerprint density at radius 3 is 2.64 bits per heavy atom. The molecule has 3 heteroatoms. The van der Waals surface area contributed by atoms with Gasteiger partial charge in [0.15, 0.2) is 0 Å². The lowest BCUT2D eigenvalue weighted by Gasteiger charge is -2.32. The van der Waals surface area contributed by atoms with Crippen LogP contribution in [0.4, 0.5) is 0 Å². The molecule has 3 nitrogen and oxygen atoms in total. The first-order valence-corrected chi connectivity index (χ1v) is 8.47. The minimum absolute atomic E-state index is 0.208. The van der Waals surface area contributed by atoms with Gasteiger partial charge in [0.05, 0.1) is 6.10 Å². The number of rotatable bonds is 7.